The summed E-state index contributed by atoms with van der Waals surface area (Å²) in [6.45, 7) is 3.90. The molecular formula is C11H23N3O3S. The standard InChI is InChI=1S/C11H23N3O3S/c15-9-3-11-2-1-6-14(10-11)18(16,17)13-7-4-12-5-8-13/h11-12,15H,1-10H2. The van der Waals surface area contributed by atoms with E-state index in [1.165, 1.54) is 0 Å². The van der Waals surface area contributed by atoms with Gasteiger partial charge >= 0.3 is 0 Å². The normalized spacial score (nSPS) is 28.4. The Hall–Kier alpha value is -0.210. The predicted molar refractivity (Wildman–Crippen MR) is 69.4 cm³/mol. The fourth-order valence-electron chi connectivity index (χ4n) is 2.69. The monoisotopic (exact) mass is 277 g/mol. The highest BCUT2D eigenvalue weighted by Crippen LogP contribution is 2.23. The summed E-state index contributed by atoms with van der Waals surface area (Å²) in [4.78, 5) is 0. The zero-order chi connectivity index (χ0) is 13.0. The molecule has 2 N–H and O–H groups in total. The lowest BCUT2D eigenvalue weighted by atomic mass is 9.97. The van der Waals surface area contributed by atoms with Gasteiger partial charge in [0, 0.05) is 45.9 Å². The van der Waals surface area contributed by atoms with Crippen LogP contribution in [-0.4, -0.2) is 68.0 Å². The van der Waals surface area contributed by atoms with Crippen molar-refractivity contribution in [1.29, 1.82) is 0 Å². The summed E-state index contributed by atoms with van der Waals surface area (Å²) in [5.41, 5.74) is 0. The summed E-state index contributed by atoms with van der Waals surface area (Å²) in [6, 6.07) is 0. The number of aliphatic hydroxyl groups excluding tert-OH is 1. The molecule has 0 amide bonds. The van der Waals surface area contributed by atoms with Gasteiger partial charge in [-0.25, -0.2) is 0 Å². The van der Waals surface area contributed by atoms with E-state index < -0.39 is 10.2 Å². The third-order valence-corrected chi connectivity index (χ3v) is 5.75. The van der Waals surface area contributed by atoms with Gasteiger partial charge in [0.15, 0.2) is 0 Å². The molecule has 0 aromatic carbocycles. The molecule has 106 valence electrons. The van der Waals surface area contributed by atoms with Gasteiger partial charge in [0.05, 0.1) is 0 Å². The molecule has 0 aromatic rings. The maximum absolute atomic E-state index is 12.5. The van der Waals surface area contributed by atoms with E-state index in [1.807, 2.05) is 0 Å². The van der Waals surface area contributed by atoms with Crippen LogP contribution in [0.15, 0.2) is 0 Å². The molecule has 0 bridgehead atoms. The Labute approximate surface area is 109 Å². The molecule has 2 rings (SSSR count). The van der Waals surface area contributed by atoms with Gasteiger partial charge in [0.25, 0.3) is 10.2 Å². The van der Waals surface area contributed by atoms with Crippen LogP contribution < -0.4 is 5.32 Å². The highest BCUT2D eigenvalue weighted by molar-refractivity contribution is 7.86. The van der Waals surface area contributed by atoms with E-state index in [0.29, 0.717) is 38.5 Å². The first kappa shape index (κ1) is 14.2. The van der Waals surface area contributed by atoms with Crippen LogP contribution in [0.5, 0.6) is 0 Å². The Morgan fingerprint density at radius 1 is 1.17 bits per heavy atom. The number of hydrogen-bond acceptors (Lipinski definition) is 4. The van der Waals surface area contributed by atoms with Crippen LogP contribution in [0.4, 0.5) is 0 Å². The van der Waals surface area contributed by atoms with Crippen LogP contribution in [0.25, 0.3) is 0 Å². The first-order valence-corrected chi connectivity index (χ1v) is 8.11. The number of hydrogen-bond donors (Lipinski definition) is 2. The molecule has 0 aliphatic carbocycles. The largest absolute Gasteiger partial charge is 0.396 e. The summed E-state index contributed by atoms with van der Waals surface area (Å²) < 4.78 is 28.1. The second kappa shape index (κ2) is 6.29. The SMILES string of the molecule is O=S(=O)(N1CCNCC1)N1CCCC(CCO)C1. The smallest absolute Gasteiger partial charge is 0.282 e. The maximum atomic E-state index is 12.5. The molecule has 2 aliphatic heterocycles. The molecule has 2 fully saturated rings. The van der Waals surface area contributed by atoms with Crippen LogP contribution in [0.1, 0.15) is 19.3 Å². The van der Waals surface area contributed by atoms with Crippen molar-refractivity contribution >= 4 is 10.2 Å². The molecule has 0 radical (unpaired) electrons. The van der Waals surface area contributed by atoms with Crippen molar-refractivity contribution < 1.29 is 13.5 Å². The van der Waals surface area contributed by atoms with Crippen LogP contribution in [0, 0.1) is 5.92 Å². The van der Waals surface area contributed by atoms with Gasteiger partial charge in [-0.2, -0.15) is 17.0 Å². The van der Waals surface area contributed by atoms with Crippen LogP contribution in [0.3, 0.4) is 0 Å². The summed E-state index contributed by atoms with van der Waals surface area (Å²) in [7, 11) is -3.29. The number of aliphatic hydroxyl groups is 1. The van der Waals surface area contributed by atoms with Crippen molar-refractivity contribution in [2.75, 3.05) is 45.9 Å². The summed E-state index contributed by atoms with van der Waals surface area (Å²) in [5.74, 6) is 0.307. The summed E-state index contributed by atoms with van der Waals surface area (Å²) >= 11 is 0. The van der Waals surface area contributed by atoms with E-state index in [9.17, 15) is 8.42 Å². The quantitative estimate of drug-likeness (QED) is 0.708. The number of piperidine rings is 1. The lowest BCUT2D eigenvalue weighted by molar-refractivity contribution is 0.194. The van der Waals surface area contributed by atoms with Crippen LogP contribution >= 0.6 is 0 Å². The molecule has 1 atom stereocenters. The van der Waals surface area contributed by atoms with Crippen molar-refractivity contribution in [2.45, 2.75) is 19.3 Å². The molecule has 0 spiro atoms. The topological polar surface area (TPSA) is 72.9 Å². The zero-order valence-corrected chi connectivity index (χ0v) is 11.5. The fraction of sp³-hybridized carbons (Fsp3) is 1.00. The zero-order valence-electron chi connectivity index (χ0n) is 10.7. The van der Waals surface area contributed by atoms with E-state index in [0.717, 1.165) is 25.9 Å². The van der Waals surface area contributed by atoms with E-state index in [4.69, 9.17) is 5.11 Å². The molecule has 2 heterocycles. The minimum absolute atomic E-state index is 0.145. The lowest BCUT2D eigenvalue weighted by Gasteiger charge is -2.36. The third-order valence-electron chi connectivity index (χ3n) is 3.75. The summed E-state index contributed by atoms with van der Waals surface area (Å²) in [6.07, 6.45) is 2.62. The molecule has 2 saturated heterocycles. The van der Waals surface area contributed by atoms with E-state index in [2.05, 4.69) is 5.32 Å². The van der Waals surface area contributed by atoms with Crippen LogP contribution in [0.2, 0.25) is 0 Å². The van der Waals surface area contributed by atoms with Crippen molar-refractivity contribution in [2.24, 2.45) is 5.92 Å². The van der Waals surface area contributed by atoms with Crippen LogP contribution in [-0.2, 0) is 10.2 Å². The van der Waals surface area contributed by atoms with E-state index in [1.54, 1.807) is 8.61 Å². The summed E-state index contributed by atoms with van der Waals surface area (Å²) in [5, 5.41) is 12.1. The molecule has 7 heteroatoms. The van der Waals surface area contributed by atoms with E-state index >= 15 is 0 Å². The molecule has 18 heavy (non-hydrogen) atoms. The molecule has 6 nitrogen and oxygen atoms in total. The van der Waals surface area contributed by atoms with Crippen molar-refractivity contribution in [1.82, 2.24) is 13.9 Å². The molecule has 0 saturated carbocycles. The van der Waals surface area contributed by atoms with Gasteiger partial charge in [-0.05, 0) is 25.2 Å². The first-order valence-electron chi connectivity index (χ1n) is 6.71. The number of nitrogens with one attached hydrogen (secondary N) is 1. The Morgan fingerprint density at radius 2 is 1.89 bits per heavy atom. The second-order valence-corrected chi connectivity index (χ2v) is 6.96. The maximum Gasteiger partial charge on any atom is 0.282 e. The van der Waals surface area contributed by atoms with Gasteiger partial charge in [-0.15, -0.1) is 0 Å². The lowest BCUT2D eigenvalue weighted by Crippen LogP contribution is -2.53. The van der Waals surface area contributed by atoms with Crippen molar-refractivity contribution in [3.8, 4) is 0 Å². The highest BCUT2D eigenvalue weighted by Gasteiger charge is 2.33. The van der Waals surface area contributed by atoms with E-state index in [-0.39, 0.29) is 6.61 Å². The van der Waals surface area contributed by atoms with Crippen molar-refractivity contribution in [3.63, 3.8) is 0 Å². The Kier molecular flexibility index (Phi) is 4.97. The molecular weight excluding hydrogens is 254 g/mol. The Morgan fingerprint density at radius 3 is 2.56 bits per heavy atom. The van der Waals surface area contributed by atoms with Crippen molar-refractivity contribution in [3.05, 3.63) is 0 Å². The average Bonchev–Trinajstić information content (AvgIpc) is 2.40. The number of piperazine rings is 1. The first-order chi connectivity index (χ1) is 8.64. The minimum atomic E-state index is -3.29. The average molecular weight is 277 g/mol. The Balaban J connectivity index is 1.99. The molecule has 2 aliphatic rings. The van der Waals surface area contributed by atoms with Gasteiger partial charge in [-0.1, -0.05) is 0 Å². The molecule has 0 aromatic heterocycles. The fourth-order valence-corrected chi connectivity index (χ4v) is 4.42. The van der Waals surface area contributed by atoms with Gasteiger partial charge < -0.3 is 10.4 Å². The predicted octanol–water partition coefficient (Wildman–Crippen LogP) is -0.769. The van der Waals surface area contributed by atoms with Gasteiger partial charge in [-0.3, -0.25) is 0 Å². The Bertz CT molecular complexity index is 353. The number of rotatable bonds is 4. The second-order valence-electron chi connectivity index (χ2n) is 5.04. The van der Waals surface area contributed by atoms with Gasteiger partial charge in [0.1, 0.15) is 0 Å². The molecule has 1 unspecified atom stereocenters. The minimum Gasteiger partial charge on any atom is -0.396 e. The number of nitrogens with zero attached hydrogens (tertiary/aromatic N) is 2. The third kappa shape index (κ3) is 3.21. The van der Waals surface area contributed by atoms with Gasteiger partial charge in [0.2, 0.25) is 0 Å². The highest BCUT2D eigenvalue weighted by atomic mass is 32.2.